The fourth-order valence-corrected chi connectivity index (χ4v) is 3.21. The zero-order valence-corrected chi connectivity index (χ0v) is 10.2. The Morgan fingerprint density at radius 3 is 2.47 bits per heavy atom. The largest absolute Gasteiger partial charge is 0.374 e. The monoisotopic (exact) mass is 211 g/mol. The van der Waals surface area contributed by atoms with Crippen LogP contribution in [0.3, 0.4) is 0 Å². The zero-order chi connectivity index (χ0) is 10.9. The van der Waals surface area contributed by atoms with Gasteiger partial charge in [-0.05, 0) is 44.4 Å². The standard InChI is InChI=1S/C13H25NO/c1-10-4-6-11(7-5-10)12(14)13(2)8-3-9-15-13/h10-12H,3-9,14H2,1-2H3. The average molecular weight is 211 g/mol. The molecule has 0 aromatic carbocycles. The summed E-state index contributed by atoms with van der Waals surface area (Å²) in [7, 11) is 0. The first-order chi connectivity index (χ1) is 7.12. The molecule has 0 bridgehead atoms. The van der Waals surface area contributed by atoms with Gasteiger partial charge in [-0.15, -0.1) is 0 Å². The van der Waals surface area contributed by atoms with Gasteiger partial charge in [-0.2, -0.15) is 0 Å². The summed E-state index contributed by atoms with van der Waals surface area (Å²) < 4.78 is 5.86. The molecular weight excluding hydrogens is 186 g/mol. The molecule has 15 heavy (non-hydrogen) atoms. The number of ether oxygens (including phenoxy) is 1. The van der Waals surface area contributed by atoms with Gasteiger partial charge in [-0.25, -0.2) is 0 Å². The molecule has 0 amide bonds. The third-order valence-corrected chi connectivity index (χ3v) is 4.52. The molecule has 1 aliphatic carbocycles. The second-order valence-corrected chi connectivity index (χ2v) is 5.81. The molecule has 2 fully saturated rings. The predicted octanol–water partition coefficient (Wildman–Crippen LogP) is 2.71. The van der Waals surface area contributed by atoms with Crippen LogP contribution in [0.5, 0.6) is 0 Å². The molecule has 0 aromatic rings. The third kappa shape index (κ3) is 2.36. The third-order valence-electron chi connectivity index (χ3n) is 4.52. The molecule has 1 saturated heterocycles. The Kier molecular flexibility index (Phi) is 3.36. The van der Waals surface area contributed by atoms with Gasteiger partial charge in [-0.1, -0.05) is 19.8 Å². The highest BCUT2D eigenvalue weighted by Crippen LogP contribution is 2.37. The molecule has 2 nitrogen and oxygen atoms in total. The van der Waals surface area contributed by atoms with Gasteiger partial charge in [0.2, 0.25) is 0 Å². The summed E-state index contributed by atoms with van der Waals surface area (Å²) in [5.41, 5.74) is 6.39. The van der Waals surface area contributed by atoms with E-state index in [2.05, 4.69) is 13.8 Å². The highest BCUT2D eigenvalue weighted by Gasteiger charge is 2.40. The topological polar surface area (TPSA) is 35.2 Å². The van der Waals surface area contributed by atoms with Gasteiger partial charge in [0.05, 0.1) is 5.60 Å². The maximum absolute atomic E-state index is 6.41. The first kappa shape index (κ1) is 11.4. The zero-order valence-electron chi connectivity index (χ0n) is 10.2. The first-order valence-corrected chi connectivity index (χ1v) is 6.51. The van der Waals surface area contributed by atoms with Crippen LogP contribution in [0.1, 0.15) is 52.4 Å². The Bertz CT molecular complexity index is 203. The fourth-order valence-electron chi connectivity index (χ4n) is 3.21. The van der Waals surface area contributed by atoms with Crippen LogP contribution < -0.4 is 5.73 Å². The second-order valence-electron chi connectivity index (χ2n) is 5.81. The van der Waals surface area contributed by atoms with Crippen LogP contribution in [-0.4, -0.2) is 18.2 Å². The molecule has 1 saturated carbocycles. The molecule has 2 rings (SSSR count). The van der Waals surface area contributed by atoms with E-state index in [0.717, 1.165) is 18.9 Å². The van der Waals surface area contributed by atoms with Crippen molar-refractivity contribution in [1.82, 2.24) is 0 Å². The lowest BCUT2D eigenvalue weighted by Crippen LogP contribution is -2.50. The van der Waals surface area contributed by atoms with Crippen molar-refractivity contribution in [2.24, 2.45) is 17.6 Å². The highest BCUT2D eigenvalue weighted by molar-refractivity contribution is 4.95. The Balaban J connectivity index is 1.92. The van der Waals surface area contributed by atoms with Crippen LogP contribution >= 0.6 is 0 Å². The second kappa shape index (κ2) is 4.42. The van der Waals surface area contributed by atoms with Crippen molar-refractivity contribution in [2.75, 3.05) is 6.61 Å². The van der Waals surface area contributed by atoms with Gasteiger partial charge in [0.1, 0.15) is 0 Å². The summed E-state index contributed by atoms with van der Waals surface area (Å²) in [5.74, 6) is 1.61. The molecular formula is C13H25NO. The molecule has 1 aliphatic heterocycles. The van der Waals surface area contributed by atoms with Gasteiger partial charge >= 0.3 is 0 Å². The molecule has 0 aromatic heterocycles. The minimum absolute atomic E-state index is 0.0226. The molecule has 0 radical (unpaired) electrons. The lowest BCUT2D eigenvalue weighted by Gasteiger charge is -2.39. The number of rotatable bonds is 2. The van der Waals surface area contributed by atoms with Gasteiger partial charge in [0, 0.05) is 12.6 Å². The van der Waals surface area contributed by atoms with E-state index in [1.165, 1.54) is 32.1 Å². The maximum atomic E-state index is 6.41. The minimum atomic E-state index is -0.0226. The molecule has 1 heterocycles. The van der Waals surface area contributed by atoms with Gasteiger partial charge < -0.3 is 10.5 Å². The summed E-state index contributed by atoms with van der Waals surface area (Å²) in [5, 5.41) is 0. The van der Waals surface area contributed by atoms with Gasteiger partial charge in [-0.3, -0.25) is 0 Å². The quantitative estimate of drug-likeness (QED) is 0.762. The van der Waals surface area contributed by atoms with E-state index < -0.39 is 0 Å². The van der Waals surface area contributed by atoms with Crippen LogP contribution in [0.15, 0.2) is 0 Å². The smallest absolute Gasteiger partial charge is 0.0808 e. The summed E-state index contributed by atoms with van der Waals surface area (Å²) >= 11 is 0. The Hall–Kier alpha value is -0.0800. The Labute approximate surface area is 93.6 Å². The molecule has 2 heteroatoms. The van der Waals surface area contributed by atoms with Crippen LogP contribution in [0.25, 0.3) is 0 Å². The summed E-state index contributed by atoms with van der Waals surface area (Å²) in [4.78, 5) is 0. The maximum Gasteiger partial charge on any atom is 0.0808 e. The Morgan fingerprint density at radius 1 is 1.27 bits per heavy atom. The number of nitrogens with two attached hydrogens (primary N) is 1. The summed E-state index contributed by atoms with van der Waals surface area (Å²) in [6.07, 6.45) is 7.67. The lowest BCUT2D eigenvalue weighted by atomic mass is 9.74. The van der Waals surface area contributed by atoms with Crippen LogP contribution in [-0.2, 0) is 4.74 Å². The van der Waals surface area contributed by atoms with E-state index in [0.29, 0.717) is 5.92 Å². The highest BCUT2D eigenvalue weighted by atomic mass is 16.5. The van der Waals surface area contributed by atoms with Crippen LogP contribution in [0.2, 0.25) is 0 Å². The molecule has 2 N–H and O–H groups in total. The molecule has 2 aliphatic rings. The van der Waals surface area contributed by atoms with Crippen molar-refractivity contribution < 1.29 is 4.74 Å². The predicted molar refractivity (Wildman–Crippen MR) is 62.7 cm³/mol. The molecule has 2 unspecified atom stereocenters. The van der Waals surface area contributed by atoms with Crippen molar-refractivity contribution in [1.29, 1.82) is 0 Å². The normalized spacial score (nSPS) is 44.2. The van der Waals surface area contributed by atoms with Crippen molar-refractivity contribution in [3.05, 3.63) is 0 Å². The van der Waals surface area contributed by atoms with Crippen LogP contribution in [0, 0.1) is 11.8 Å². The van der Waals surface area contributed by atoms with E-state index in [9.17, 15) is 0 Å². The fraction of sp³-hybridized carbons (Fsp3) is 1.00. The summed E-state index contributed by atoms with van der Waals surface area (Å²) in [6, 6.07) is 0.257. The van der Waals surface area contributed by atoms with E-state index >= 15 is 0 Å². The van der Waals surface area contributed by atoms with Crippen molar-refractivity contribution >= 4 is 0 Å². The average Bonchev–Trinajstić information content (AvgIpc) is 2.67. The lowest BCUT2D eigenvalue weighted by molar-refractivity contribution is -0.0230. The van der Waals surface area contributed by atoms with E-state index in [1.807, 2.05) is 0 Å². The van der Waals surface area contributed by atoms with E-state index in [-0.39, 0.29) is 11.6 Å². The van der Waals surface area contributed by atoms with Crippen molar-refractivity contribution in [3.63, 3.8) is 0 Å². The van der Waals surface area contributed by atoms with Crippen molar-refractivity contribution in [2.45, 2.75) is 64.0 Å². The summed E-state index contributed by atoms with van der Waals surface area (Å²) in [6.45, 7) is 5.48. The van der Waals surface area contributed by atoms with E-state index in [1.54, 1.807) is 0 Å². The van der Waals surface area contributed by atoms with Crippen LogP contribution in [0.4, 0.5) is 0 Å². The number of hydrogen-bond donors (Lipinski definition) is 1. The SMILES string of the molecule is CC1CCC(C(N)C2(C)CCCO2)CC1. The molecule has 0 spiro atoms. The van der Waals surface area contributed by atoms with Crippen molar-refractivity contribution in [3.8, 4) is 0 Å². The van der Waals surface area contributed by atoms with E-state index in [4.69, 9.17) is 10.5 Å². The minimum Gasteiger partial charge on any atom is -0.374 e. The molecule has 2 atom stereocenters. The van der Waals surface area contributed by atoms with Gasteiger partial charge in [0.25, 0.3) is 0 Å². The van der Waals surface area contributed by atoms with Gasteiger partial charge in [0.15, 0.2) is 0 Å². The molecule has 88 valence electrons. The Morgan fingerprint density at radius 2 is 1.93 bits per heavy atom. The first-order valence-electron chi connectivity index (χ1n) is 6.51. The number of hydrogen-bond acceptors (Lipinski definition) is 2.